The first-order valence-electron chi connectivity index (χ1n) is 5.92. The molecule has 2 aromatic rings. The van der Waals surface area contributed by atoms with Gasteiger partial charge in [-0.2, -0.15) is 0 Å². The van der Waals surface area contributed by atoms with Crippen molar-refractivity contribution >= 4 is 17.3 Å². The highest BCUT2D eigenvalue weighted by Gasteiger charge is 2.04. The molecule has 0 atom stereocenters. The van der Waals surface area contributed by atoms with E-state index in [1.165, 1.54) is 6.07 Å². The number of hydrogen-bond acceptors (Lipinski definition) is 2. The zero-order valence-corrected chi connectivity index (χ0v) is 11.6. The van der Waals surface area contributed by atoms with E-state index in [4.69, 9.17) is 16.3 Å². The molecule has 19 heavy (non-hydrogen) atoms. The third-order valence-electron chi connectivity index (χ3n) is 2.82. The maximum atomic E-state index is 13.1. The van der Waals surface area contributed by atoms with E-state index >= 15 is 0 Å². The van der Waals surface area contributed by atoms with Gasteiger partial charge in [-0.25, -0.2) is 4.39 Å². The molecule has 1 N–H and O–H groups in total. The molecular formula is C15H15ClFNO. The van der Waals surface area contributed by atoms with E-state index in [2.05, 4.69) is 5.32 Å². The number of halogens is 2. The molecule has 2 aromatic carbocycles. The number of anilines is 1. The fourth-order valence-corrected chi connectivity index (χ4v) is 1.99. The van der Waals surface area contributed by atoms with Crippen LogP contribution in [-0.4, -0.2) is 7.11 Å². The molecule has 0 unspecified atom stereocenters. The van der Waals surface area contributed by atoms with Gasteiger partial charge in [0.15, 0.2) is 0 Å². The van der Waals surface area contributed by atoms with Crippen LogP contribution < -0.4 is 10.1 Å². The molecule has 0 heterocycles. The van der Waals surface area contributed by atoms with Gasteiger partial charge in [-0.15, -0.1) is 0 Å². The average molecular weight is 280 g/mol. The highest BCUT2D eigenvalue weighted by atomic mass is 35.5. The molecule has 0 saturated heterocycles. The molecule has 0 aliphatic carbocycles. The summed E-state index contributed by atoms with van der Waals surface area (Å²) in [5.41, 5.74) is 2.94. The van der Waals surface area contributed by atoms with Gasteiger partial charge in [-0.05, 0) is 42.3 Å². The average Bonchev–Trinajstić information content (AvgIpc) is 2.41. The number of nitrogens with one attached hydrogen (secondary N) is 1. The van der Waals surface area contributed by atoms with Gasteiger partial charge in [0.05, 0.1) is 17.8 Å². The molecule has 0 amide bonds. The van der Waals surface area contributed by atoms with Crippen molar-refractivity contribution in [1.29, 1.82) is 0 Å². The van der Waals surface area contributed by atoms with Crippen LogP contribution in [0, 0.1) is 12.7 Å². The number of benzene rings is 2. The first kappa shape index (κ1) is 13.7. The summed E-state index contributed by atoms with van der Waals surface area (Å²) in [6.45, 7) is 2.56. The number of aryl methyl sites for hydroxylation is 1. The first-order valence-corrected chi connectivity index (χ1v) is 6.30. The molecule has 0 saturated carbocycles. The highest BCUT2D eigenvalue weighted by Crippen LogP contribution is 2.26. The van der Waals surface area contributed by atoms with Crippen LogP contribution in [-0.2, 0) is 6.54 Å². The zero-order valence-electron chi connectivity index (χ0n) is 10.8. The molecule has 0 fully saturated rings. The molecule has 0 aliphatic rings. The summed E-state index contributed by atoms with van der Waals surface area (Å²) in [4.78, 5) is 0. The van der Waals surface area contributed by atoms with Crippen LogP contribution in [0.4, 0.5) is 10.1 Å². The van der Waals surface area contributed by atoms with Crippen LogP contribution in [0.2, 0.25) is 5.02 Å². The largest absolute Gasteiger partial charge is 0.495 e. The summed E-state index contributed by atoms with van der Waals surface area (Å²) in [7, 11) is 1.63. The van der Waals surface area contributed by atoms with Crippen LogP contribution >= 0.6 is 11.6 Å². The Morgan fingerprint density at radius 2 is 2.00 bits per heavy atom. The molecule has 0 spiro atoms. The van der Waals surface area contributed by atoms with E-state index in [9.17, 15) is 4.39 Å². The van der Waals surface area contributed by atoms with Crippen LogP contribution in [0.5, 0.6) is 5.75 Å². The predicted octanol–water partition coefficient (Wildman–Crippen LogP) is 4.41. The smallest absolute Gasteiger partial charge is 0.142 e. The van der Waals surface area contributed by atoms with E-state index in [1.807, 2.05) is 25.1 Å². The Morgan fingerprint density at radius 1 is 1.21 bits per heavy atom. The van der Waals surface area contributed by atoms with Crippen molar-refractivity contribution in [2.24, 2.45) is 0 Å². The quantitative estimate of drug-likeness (QED) is 0.895. The Morgan fingerprint density at radius 3 is 2.68 bits per heavy atom. The molecular weight excluding hydrogens is 265 g/mol. The second kappa shape index (κ2) is 5.93. The van der Waals surface area contributed by atoms with Crippen LogP contribution in [0.1, 0.15) is 11.1 Å². The molecule has 100 valence electrons. The van der Waals surface area contributed by atoms with E-state index in [0.717, 1.165) is 22.6 Å². The summed E-state index contributed by atoms with van der Waals surface area (Å²) in [5, 5.41) is 3.38. The second-order valence-corrected chi connectivity index (χ2v) is 4.71. The van der Waals surface area contributed by atoms with Crippen molar-refractivity contribution in [3.8, 4) is 5.75 Å². The standard InChI is InChI=1S/C15H15ClFNO/c1-10-3-6-14(15(7-10)19-2)18-9-11-4-5-13(17)12(16)8-11/h3-8,18H,9H2,1-2H3. The minimum atomic E-state index is -0.404. The van der Waals surface area contributed by atoms with E-state index in [1.54, 1.807) is 19.2 Å². The number of rotatable bonds is 4. The minimum Gasteiger partial charge on any atom is -0.495 e. The number of methoxy groups -OCH3 is 1. The van der Waals surface area contributed by atoms with E-state index in [-0.39, 0.29) is 5.02 Å². The van der Waals surface area contributed by atoms with Gasteiger partial charge < -0.3 is 10.1 Å². The summed E-state index contributed by atoms with van der Waals surface area (Å²) in [6.07, 6.45) is 0. The lowest BCUT2D eigenvalue weighted by molar-refractivity contribution is 0.416. The normalized spacial score (nSPS) is 10.3. The third kappa shape index (κ3) is 3.38. The molecule has 2 nitrogen and oxygen atoms in total. The van der Waals surface area contributed by atoms with Crippen LogP contribution in [0.15, 0.2) is 36.4 Å². The molecule has 4 heteroatoms. The topological polar surface area (TPSA) is 21.3 Å². The maximum absolute atomic E-state index is 13.1. The van der Waals surface area contributed by atoms with Crippen molar-refractivity contribution in [3.05, 3.63) is 58.4 Å². The monoisotopic (exact) mass is 279 g/mol. The fourth-order valence-electron chi connectivity index (χ4n) is 1.79. The predicted molar refractivity (Wildman–Crippen MR) is 76.5 cm³/mol. The first-order chi connectivity index (χ1) is 9.10. The molecule has 0 radical (unpaired) electrons. The van der Waals surface area contributed by atoms with Gasteiger partial charge in [0, 0.05) is 6.54 Å². The Balaban J connectivity index is 2.12. The Bertz CT molecular complexity index is 586. The Labute approximate surface area is 117 Å². The lowest BCUT2D eigenvalue weighted by Gasteiger charge is -2.12. The summed E-state index contributed by atoms with van der Waals surface area (Å²) < 4.78 is 18.4. The highest BCUT2D eigenvalue weighted by molar-refractivity contribution is 6.30. The summed E-state index contributed by atoms with van der Waals surface area (Å²) in [6, 6.07) is 10.6. The van der Waals surface area contributed by atoms with Crippen molar-refractivity contribution in [2.45, 2.75) is 13.5 Å². The molecule has 0 bridgehead atoms. The van der Waals surface area contributed by atoms with E-state index < -0.39 is 5.82 Å². The van der Waals surface area contributed by atoms with Gasteiger partial charge >= 0.3 is 0 Å². The lowest BCUT2D eigenvalue weighted by atomic mass is 10.2. The van der Waals surface area contributed by atoms with Crippen LogP contribution in [0.3, 0.4) is 0 Å². The zero-order chi connectivity index (χ0) is 13.8. The fraction of sp³-hybridized carbons (Fsp3) is 0.200. The minimum absolute atomic E-state index is 0.134. The van der Waals surface area contributed by atoms with Gasteiger partial charge in [0.2, 0.25) is 0 Å². The van der Waals surface area contributed by atoms with Crippen molar-refractivity contribution in [1.82, 2.24) is 0 Å². The molecule has 2 rings (SSSR count). The molecule has 0 aromatic heterocycles. The second-order valence-electron chi connectivity index (χ2n) is 4.31. The lowest BCUT2D eigenvalue weighted by Crippen LogP contribution is -2.01. The van der Waals surface area contributed by atoms with E-state index in [0.29, 0.717) is 6.54 Å². The molecule has 0 aliphatic heterocycles. The van der Waals surface area contributed by atoms with Gasteiger partial charge in [-0.3, -0.25) is 0 Å². The Hall–Kier alpha value is -1.74. The van der Waals surface area contributed by atoms with Crippen molar-refractivity contribution < 1.29 is 9.13 Å². The van der Waals surface area contributed by atoms with Gasteiger partial charge in [0.25, 0.3) is 0 Å². The maximum Gasteiger partial charge on any atom is 0.142 e. The van der Waals surface area contributed by atoms with Crippen molar-refractivity contribution in [3.63, 3.8) is 0 Å². The van der Waals surface area contributed by atoms with Crippen LogP contribution in [0.25, 0.3) is 0 Å². The van der Waals surface area contributed by atoms with Gasteiger partial charge in [-0.1, -0.05) is 23.7 Å². The third-order valence-corrected chi connectivity index (χ3v) is 3.11. The Kier molecular flexibility index (Phi) is 4.27. The summed E-state index contributed by atoms with van der Waals surface area (Å²) in [5.74, 6) is 0.381. The van der Waals surface area contributed by atoms with Gasteiger partial charge in [0.1, 0.15) is 11.6 Å². The number of hydrogen-bond donors (Lipinski definition) is 1. The number of ether oxygens (including phenoxy) is 1. The summed E-state index contributed by atoms with van der Waals surface area (Å²) >= 11 is 5.75. The van der Waals surface area contributed by atoms with Crippen molar-refractivity contribution in [2.75, 3.05) is 12.4 Å². The SMILES string of the molecule is COc1cc(C)ccc1NCc1ccc(F)c(Cl)c1.